The zero-order valence-electron chi connectivity index (χ0n) is 9.63. The third-order valence-electron chi connectivity index (χ3n) is 4.38. The van der Waals surface area contributed by atoms with Crippen LogP contribution in [0.5, 0.6) is 0 Å². The summed E-state index contributed by atoms with van der Waals surface area (Å²) in [4.78, 5) is 0. The highest BCUT2D eigenvalue weighted by molar-refractivity contribution is 5.36. The van der Waals surface area contributed by atoms with E-state index in [0.29, 0.717) is 0 Å². The smallest absolute Gasteiger partial charge is 0.0131 e. The molecule has 2 unspecified atom stereocenters. The molecule has 0 aliphatic heterocycles. The Morgan fingerprint density at radius 1 is 1.07 bits per heavy atom. The Morgan fingerprint density at radius 2 is 1.93 bits per heavy atom. The molecule has 0 bridgehead atoms. The van der Waals surface area contributed by atoms with Gasteiger partial charge in [-0.15, -0.1) is 0 Å². The summed E-state index contributed by atoms with van der Waals surface area (Å²) in [5.74, 6) is 1.91. The van der Waals surface area contributed by atoms with E-state index in [1.807, 2.05) is 0 Å². The second-order valence-corrected chi connectivity index (χ2v) is 5.39. The summed E-state index contributed by atoms with van der Waals surface area (Å²) >= 11 is 0. The van der Waals surface area contributed by atoms with Gasteiger partial charge in [-0.2, -0.15) is 0 Å². The second kappa shape index (κ2) is 3.66. The largest absolute Gasteiger partial charge is 0.0590 e. The van der Waals surface area contributed by atoms with Crippen LogP contribution < -0.4 is 0 Å². The Labute approximate surface area is 92.7 Å². The van der Waals surface area contributed by atoms with Gasteiger partial charge in [-0.1, -0.05) is 30.2 Å². The molecule has 1 aromatic carbocycles. The van der Waals surface area contributed by atoms with Crippen LogP contribution in [0.15, 0.2) is 18.2 Å². The van der Waals surface area contributed by atoms with E-state index >= 15 is 0 Å². The number of benzene rings is 1. The van der Waals surface area contributed by atoms with Gasteiger partial charge >= 0.3 is 0 Å². The zero-order valence-corrected chi connectivity index (χ0v) is 9.63. The van der Waals surface area contributed by atoms with Crippen molar-refractivity contribution in [1.29, 1.82) is 0 Å². The molecule has 0 aromatic heterocycles. The third kappa shape index (κ3) is 1.60. The maximum atomic E-state index is 2.43. The molecule has 1 fully saturated rings. The summed E-state index contributed by atoms with van der Waals surface area (Å²) in [6, 6.07) is 7.15. The third-order valence-corrected chi connectivity index (χ3v) is 4.38. The molecule has 2 aliphatic rings. The lowest BCUT2D eigenvalue weighted by atomic mass is 9.86. The highest BCUT2D eigenvalue weighted by Gasteiger charge is 2.31. The minimum Gasteiger partial charge on any atom is -0.0590 e. The molecule has 0 heterocycles. The first-order chi connectivity index (χ1) is 7.34. The van der Waals surface area contributed by atoms with E-state index in [1.54, 1.807) is 11.1 Å². The van der Waals surface area contributed by atoms with E-state index in [4.69, 9.17) is 0 Å². The Kier molecular flexibility index (Phi) is 2.31. The molecule has 0 heteroatoms. The second-order valence-electron chi connectivity index (χ2n) is 5.39. The van der Waals surface area contributed by atoms with Crippen LogP contribution in [0.3, 0.4) is 0 Å². The molecule has 1 aromatic rings. The maximum Gasteiger partial charge on any atom is -0.0131 e. The van der Waals surface area contributed by atoms with Gasteiger partial charge in [0.1, 0.15) is 0 Å². The summed E-state index contributed by atoms with van der Waals surface area (Å²) in [6.07, 6.45) is 8.60. The van der Waals surface area contributed by atoms with Crippen LogP contribution in [0.25, 0.3) is 0 Å². The van der Waals surface area contributed by atoms with Gasteiger partial charge < -0.3 is 0 Å². The van der Waals surface area contributed by atoms with Crippen LogP contribution in [-0.2, 0) is 6.42 Å². The fourth-order valence-corrected chi connectivity index (χ4v) is 3.66. The van der Waals surface area contributed by atoms with Gasteiger partial charge in [-0.25, -0.2) is 0 Å². The van der Waals surface area contributed by atoms with Crippen molar-refractivity contribution in [3.05, 3.63) is 34.9 Å². The van der Waals surface area contributed by atoms with E-state index in [0.717, 1.165) is 11.8 Å². The molecule has 0 N–H and O–H groups in total. The molecule has 0 nitrogen and oxygen atoms in total. The molecule has 0 radical (unpaired) electrons. The predicted octanol–water partition coefficient (Wildman–Crippen LogP) is 4.22. The SMILES string of the molecule is Cc1ccc2c(c1)CCCC1CCCC21. The van der Waals surface area contributed by atoms with Crippen molar-refractivity contribution in [2.45, 2.75) is 51.4 Å². The predicted molar refractivity (Wildman–Crippen MR) is 64.2 cm³/mol. The summed E-state index contributed by atoms with van der Waals surface area (Å²) < 4.78 is 0. The molecular weight excluding hydrogens is 180 g/mol. The Hall–Kier alpha value is -0.780. The van der Waals surface area contributed by atoms with Gasteiger partial charge in [0, 0.05) is 0 Å². The number of aryl methyl sites for hydroxylation is 2. The quantitative estimate of drug-likeness (QED) is 0.588. The number of hydrogen-bond acceptors (Lipinski definition) is 0. The van der Waals surface area contributed by atoms with Crippen LogP contribution in [0.1, 0.15) is 54.7 Å². The van der Waals surface area contributed by atoms with Crippen molar-refractivity contribution in [1.82, 2.24) is 0 Å². The molecule has 2 atom stereocenters. The van der Waals surface area contributed by atoms with E-state index in [-0.39, 0.29) is 0 Å². The lowest BCUT2D eigenvalue weighted by Gasteiger charge is -2.18. The average Bonchev–Trinajstić information content (AvgIpc) is 2.61. The highest BCUT2D eigenvalue weighted by Crippen LogP contribution is 2.45. The summed E-state index contributed by atoms with van der Waals surface area (Å²) in [6.45, 7) is 2.22. The lowest BCUT2D eigenvalue weighted by molar-refractivity contribution is 0.451. The number of fused-ring (bicyclic) bond motifs is 3. The van der Waals surface area contributed by atoms with Crippen molar-refractivity contribution in [3.8, 4) is 0 Å². The number of rotatable bonds is 0. The van der Waals surface area contributed by atoms with Crippen molar-refractivity contribution in [2.75, 3.05) is 0 Å². The normalized spacial score (nSPS) is 29.4. The van der Waals surface area contributed by atoms with Crippen molar-refractivity contribution < 1.29 is 0 Å². The highest BCUT2D eigenvalue weighted by atomic mass is 14.4. The molecule has 0 spiro atoms. The van der Waals surface area contributed by atoms with Crippen LogP contribution in [0.4, 0.5) is 0 Å². The van der Waals surface area contributed by atoms with Gasteiger partial charge in [0.25, 0.3) is 0 Å². The van der Waals surface area contributed by atoms with Crippen molar-refractivity contribution in [2.24, 2.45) is 5.92 Å². The average molecular weight is 200 g/mol. The molecular formula is C15H20. The summed E-state index contributed by atoms with van der Waals surface area (Å²) in [7, 11) is 0. The van der Waals surface area contributed by atoms with E-state index in [9.17, 15) is 0 Å². The fraction of sp³-hybridized carbons (Fsp3) is 0.600. The van der Waals surface area contributed by atoms with E-state index in [1.165, 1.54) is 44.1 Å². The molecule has 80 valence electrons. The van der Waals surface area contributed by atoms with Gasteiger partial charge in [-0.3, -0.25) is 0 Å². The van der Waals surface area contributed by atoms with Crippen LogP contribution in [0.2, 0.25) is 0 Å². The van der Waals surface area contributed by atoms with Gasteiger partial charge in [-0.05, 0) is 62.0 Å². The topological polar surface area (TPSA) is 0 Å². The first-order valence-corrected chi connectivity index (χ1v) is 6.44. The molecule has 0 saturated heterocycles. The molecule has 1 saturated carbocycles. The lowest BCUT2D eigenvalue weighted by Crippen LogP contribution is -2.04. The van der Waals surface area contributed by atoms with E-state index < -0.39 is 0 Å². The first-order valence-electron chi connectivity index (χ1n) is 6.44. The number of hydrogen-bond donors (Lipinski definition) is 0. The monoisotopic (exact) mass is 200 g/mol. The van der Waals surface area contributed by atoms with Crippen LogP contribution >= 0.6 is 0 Å². The Bertz CT molecular complexity index is 364. The van der Waals surface area contributed by atoms with Crippen molar-refractivity contribution in [3.63, 3.8) is 0 Å². The molecule has 15 heavy (non-hydrogen) atoms. The maximum absolute atomic E-state index is 2.43. The summed E-state index contributed by atoms with van der Waals surface area (Å²) in [5, 5.41) is 0. The Balaban J connectivity index is 2.05. The van der Waals surface area contributed by atoms with E-state index in [2.05, 4.69) is 25.1 Å². The Morgan fingerprint density at radius 3 is 2.87 bits per heavy atom. The van der Waals surface area contributed by atoms with Gasteiger partial charge in [0.15, 0.2) is 0 Å². The van der Waals surface area contributed by atoms with Crippen LogP contribution in [0, 0.1) is 12.8 Å². The standard InChI is InChI=1S/C15H20/c1-11-8-9-15-13(10-11)6-2-4-12-5-3-7-14(12)15/h8-10,12,14H,2-7H2,1H3. The van der Waals surface area contributed by atoms with Crippen molar-refractivity contribution >= 4 is 0 Å². The van der Waals surface area contributed by atoms with Gasteiger partial charge in [0.05, 0.1) is 0 Å². The minimum atomic E-state index is 0.906. The minimum absolute atomic E-state index is 0.906. The molecule has 2 aliphatic carbocycles. The van der Waals surface area contributed by atoms with Gasteiger partial charge in [0.2, 0.25) is 0 Å². The first kappa shape index (κ1) is 9.45. The summed E-state index contributed by atoms with van der Waals surface area (Å²) in [5.41, 5.74) is 4.79. The fourth-order valence-electron chi connectivity index (χ4n) is 3.66. The zero-order chi connectivity index (χ0) is 10.3. The molecule has 0 amide bonds. The van der Waals surface area contributed by atoms with Crippen LogP contribution in [-0.4, -0.2) is 0 Å². The molecule has 3 rings (SSSR count).